The van der Waals surface area contributed by atoms with E-state index in [1.54, 1.807) is 13.2 Å². The van der Waals surface area contributed by atoms with E-state index in [0.717, 1.165) is 12.0 Å². The van der Waals surface area contributed by atoms with Crippen molar-refractivity contribution in [3.63, 3.8) is 0 Å². The van der Waals surface area contributed by atoms with Gasteiger partial charge in [0, 0.05) is 0 Å². The minimum absolute atomic E-state index is 0. The van der Waals surface area contributed by atoms with Crippen LogP contribution in [-0.4, -0.2) is 20.3 Å². The molecule has 0 bridgehead atoms. The first kappa shape index (κ1) is 14.6. The van der Waals surface area contributed by atoms with Crippen molar-refractivity contribution >= 4 is 12.4 Å². The molecule has 0 unspecified atom stereocenters. The number of hydrogen-bond acceptors (Lipinski definition) is 4. The van der Waals surface area contributed by atoms with Crippen LogP contribution in [0.15, 0.2) is 18.2 Å². The Balaban J connectivity index is 0.00000225. The summed E-state index contributed by atoms with van der Waals surface area (Å²) in [4.78, 5) is 0. The molecule has 0 radical (unpaired) electrons. The zero-order chi connectivity index (χ0) is 11.1. The third-order valence-corrected chi connectivity index (χ3v) is 1.95. The van der Waals surface area contributed by atoms with Crippen molar-refractivity contribution in [3.05, 3.63) is 23.8 Å². The van der Waals surface area contributed by atoms with Crippen molar-refractivity contribution in [2.45, 2.75) is 6.42 Å². The van der Waals surface area contributed by atoms with Gasteiger partial charge in [-0.15, -0.1) is 12.4 Å². The summed E-state index contributed by atoms with van der Waals surface area (Å²) >= 11 is 0. The van der Waals surface area contributed by atoms with Crippen molar-refractivity contribution in [1.82, 2.24) is 0 Å². The molecule has 0 aliphatic heterocycles. The lowest BCUT2D eigenvalue weighted by Gasteiger charge is -2.09. The predicted octanol–water partition coefficient (Wildman–Crippen LogP) is 1.52. The molecule has 0 amide bonds. The molecule has 16 heavy (non-hydrogen) atoms. The number of nitrogens with two attached hydrogens (primary N) is 1. The molecule has 5 heteroatoms. The lowest BCUT2D eigenvalue weighted by Crippen LogP contribution is -2.03. The molecule has 0 saturated heterocycles. The van der Waals surface area contributed by atoms with Gasteiger partial charge in [-0.2, -0.15) is 5.26 Å². The van der Waals surface area contributed by atoms with Crippen LogP contribution >= 0.6 is 12.4 Å². The number of benzene rings is 1. The highest BCUT2D eigenvalue weighted by Gasteiger charge is 2.04. The Labute approximate surface area is 101 Å². The normalized spacial score (nSPS) is 8.81. The molecule has 2 N–H and O–H groups in total. The maximum absolute atomic E-state index is 8.40. The largest absolute Gasteiger partial charge is 0.493 e. The van der Waals surface area contributed by atoms with E-state index in [2.05, 4.69) is 0 Å². The van der Waals surface area contributed by atoms with E-state index < -0.39 is 0 Å². The first-order chi connectivity index (χ1) is 7.31. The Morgan fingerprint density at radius 3 is 2.69 bits per heavy atom. The standard InChI is InChI=1S/C11H14N2O2.ClH/c1-14-11-8-9(4-5-12)2-3-10(11)15-7-6-13;/h2-3,8H,4-5,7,12H2,1H3;1H. The summed E-state index contributed by atoms with van der Waals surface area (Å²) in [5, 5.41) is 8.40. The highest BCUT2D eigenvalue weighted by Crippen LogP contribution is 2.27. The van der Waals surface area contributed by atoms with Gasteiger partial charge in [0.15, 0.2) is 18.1 Å². The van der Waals surface area contributed by atoms with Gasteiger partial charge in [0.25, 0.3) is 0 Å². The first-order valence-corrected chi connectivity index (χ1v) is 4.68. The Kier molecular flexibility index (Phi) is 7.10. The van der Waals surface area contributed by atoms with Gasteiger partial charge in [-0.25, -0.2) is 0 Å². The number of nitriles is 1. The minimum Gasteiger partial charge on any atom is -0.493 e. The van der Waals surface area contributed by atoms with E-state index in [4.69, 9.17) is 20.5 Å². The average Bonchev–Trinajstić information content (AvgIpc) is 2.27. The monoisotopic (exact) mass is 242 g/mol. The number of hydrogen-bond donors (Lipinski definition) is 1. The van der Waals surface area contributed by atoms with E-state index in [0.29, 0.717) is 18.0 Å². The Morgan fingerprint density at radius 2 is 2.12 bits per heavy atom. The van der Waals surface area contributed by atoms with E-state index in [1.807, 2.05) is 18.2 Å². The number of ether oxygens (including phenoxy) is 2. The summed E-state index contributed by atoms with van der Waals surface area (Å²) in [7, 11) is 1.57. The van der Waals surface area contributed by atoms with Gasteiger partial charge in [-0.3, -0.25) is 0 Å². The molecular formula is C11H15ClN2O2. The van der Waals surface area contributed by atoms with Crippen LogP contribution in [0, 0.1) is 11.3 Å². The van der Waals surface area contributed by atoms with E-state index in [9.17, 15) is 0 Å². The zero-order valence-corrected chi connectivity index (χ0v) is 9.92. The highest BCUT2D eigenvalue weighted by atomic mass is 35.5. The molecule has 0 aliphatic rings. The van der Waals surface area contributed by atoms with Crippen LogP contribution in [0.2, 0.25) is 0 Å². The molecule has 1 aromatic rings. The van der Waals surface area contributed by atoms with Crippen LogP contribution in [0.4, 0.5) is 0 Å². The number of methoxy groups -OCH3 is 1. The van der Waals surface area contributed by atoms with Gasteiger partial charge in [-0.1, -0.05) is 6.07 Å². The smallest absolute Gasteiger partial charge is 0.174 e. The molecule has 4 nitrogen and oxygen atoms in total. The second-order valence-corrected chi connectivity index (χ2v) is 2.97. The number of nitrogens with zero attached hydrogens (tertiary/aromatic N) is 1. The predicted molar refractivity (Wildman–Crippen MR) is 64.1 cm³/mol. The van der Waals surface area contributed by atoms with Crippen LogP contribution < -0.4 is 15.2 Å². The van der Waals surface area contributed by atoms with Gasteiger partial charge >= 0.3 is 0 Å². The molecule has 1 aromatic carbocycles. The van der Waals surface area contributed by atoms with E-state index >= 15 is 0 Å². The minimum atomic E-state index is 0. The number of halogens is 1. The molecule has 0 aromatic heterocycles. The Morgan fingerprint density at radius 1 is 1.38 bits per heavy atom. The van der Waals surface area contributed by atoms with Crippen LogP contribution in [0.3, 0.4) is 0 Å². The van der Waals surface area contributed by atoms with Crippen molar-refractivity contribution in [3.8, 4) is 17.6 Å². The lowest BCUT2D eigenvalue weighted by molar-refractivity contribution is 0.329. The molecule has 0 saturated carbocycles. The molecule has 1 rings (SSSR count). The third-order valence-electron chi connectivity index (χ3n) is 1.95. The van der Waals surface area contributed by atoms with Crippen molar-refractivity contribution in [1.29, 1.82) is 5.26 Å². The highest BCUT2D eigenvalue weighted by molar-refractivity contribution is 5.85. The summed E-state index contributed by atoms with van der Waals surface area (Å²) in [6, 6.07) is 7.50. The second kappa shape index (κ2) is 7.80. The van der Waals surface area contributed by atoms with E-state index in [1.165, 1.54) is 0 Å². The average molecular weight is 243 g/mol. The fraction of sp³-hybridized carbons (Fsp3) is 0.364. The van der Waals surface area contributed by atoms with Gasteiger partial charge in [0.05, 0.1) is 7.11 Å². The fourth-order valence-corrected chi connectivity index (χ4v) is 1.26. The molecular weight excluding hydrogens is 228 g/mol. The number of rotatable bonds is 5. The molecule has 0 atom stereocenters. The third kappa shape index (κ3) is 3.97. The van der Waals surface area contributed by atoms with Crippen LogP contribution in [-0.2, 0) is 6.42 Å². The van der Waals surface area contributed by atoms with Crippen LogP contribution in [0.25, 0.3) is 0 Å². The van der Waals surface area contributed by atoms with Gasteiger partial charge in [0.2, 0.25) is 0 Å². The van der Waals surface area contributed by atoms with Crippen molar-refractivity contribution < 1.29 is 9.47 Å². The maximum Gasteiger partial charge on any atom is 0.174 e. The van der Waals surface area contributed by atoms with Crippen molar-refractivity contribution in [2.24, 2.45) is 5.73 Å². The second-order valence-electron chi connectivity index (χ2n) is 2.97. The van der Waals surface area contributed by atoms with Gasteiger partial charge in [-0.05, 0) is 30.7 Å². The fourth-order valence-electron chi connectivity index (χ4n) is 1.26. The van der Waals surface area contributed by atoms with Crippen LogP contribution in [0.1, 0.15) is 5.56 Å². The topological polar surface area (TPSA) is 68.3 Å². The Hall–Kier alpha value is -1.44. The lowest BCUT2D eigenvalue weighted by atomic mass is 10.1. The summed E-state index contributed by atoms with van der Waals surface area (Å²) in [6.45, 7) is 0.619. The zero-order valence-electron chi connectivity index (χ0n) is 9.10. The SMILES string of the molecule is COc1cc(CCN)ccc1OCC#N.Cl. The Bertz CT molecular complexity index is 363. The summed E-state index contributed by atoms with van der Waals surface area (Å²) < 4.78 is 10.3. The van der Waals surface area contributed by atoms with Gasteiger partial charge in [0.1, 0.15) is 6.07 Å². The quantitative estimate of drug-likeness (QED) is 0.850. The van der Waals surface area contributed by atoms with Gasteiger partial charge < -0.3 is 15.2 Å². The van der Waals surface area contributed by atoms with Crippen LogP contribution in [0.5, 0.6) is 11.5 Å². The summed E-state index contributed by atoms with van der Waals surface area (Å²) in [5.41, 5.74) is 6.55. The van der Waals surface area contributed by atoms with E-state index in [-0.39, 0.29) is 19.0 Å². The molecule has 0 aliphatic carbocycles. The maximum atomic E-state index is 8.40. The summed E-state index contributed by atoms with van der Waals surface area (Å²) in [6.07, 6.45) is 0.800. The molecule has 0 spiro atoms. The first-order valence-electron chi connectivity index (χ1n) is 4.68. The molecule has 88 valence electrons. The molecule has 0 fully saturated rings. The summed E-state index contributed by atoms with van der Waals surface area (Å²) in [5.74, 6) is 1.22. The van der Waals surface area contributed by atoms with Crippen molar-refractivity contribution in [2.75, 3.05) is 20.3 Å². The molecule has 0 heterocycles.